The largest absolute Gasteiger partial charge is 0.493 e. The van der Waals surface area contributed by atoms with Gasteiger partial charge in [0.1, 0.15) is 5.75 Å². The molecule has 0 saturated heterocycles. The lowest BCUT2D eigenvalue weighted by molar-refractivity contribution is 0.100. The first-order valence-electron chi connectivity index (χ1n) is 7.27. The quantitative estimate of drug-likeness (QED) is 0.855. The molecule has 0 radical (unpaired) electrons. The Labute approximate surface area is 116 Å². The summed E-state index contributed by atoms with van der Waals surface area (Å²) in [7, 11) is 1.77. The number of benzene rings is 1. The third-order valence-corrected chi connectivity index (χ3v) is 3.76. The minimum absolute atomic E-state index is 0.239. The van der Waals surface area contributed by atoms with Crippen LogP contribution in [0.5, 0.6) is 5.75 Å². The normalized spacial score (nSPS) is 17.4. The van der Waals surface area contributed by atoms with Crippen molar-refractivity contribution in [1.82, 2.24) is 5.32 Å². The maximum atomic E-state index is 5.92. The van der Waals surface area contributed by atoms with E-state index < -0.39 is 0 Å². The summed E-state index contributed by atoms with van der Waals surface area (Å²) in [4.78, 5) is 0. The molecule has 3 heteroatoms. The first-order chi connectivity index (χ1) is 9.26. The molecule has 2 unspecified atom stereocenters. The Morgan fingerprint density at radius 1 is 1.42 bits per heavy atom. The highest BCUT2D eigenvalue weighted by molar-refractivity contribution is 5.44. The minimum Gasteiger partial charge on any atom is -0.493 e. The van der Waals surface area contributed by atoms with E-state index in [0.717, 1.165) is 38.2 Å². The van der Waals surface area contributed by atoms with E-state index >= 15 is 0 Å². The highest BCUT2D eigenvalue weighted by Crippen LogP contribution is 2.34. The van der Waals surface area contributed by atoms with Crippen LogP contribution in [0.3, 0.4) is 0 Å². The zero-order valence-electron chi connectivity index (χ0n) is 12.2. The van der Waals surface area contributed by atoms with E-state index in [4.69, 9.17) is 9.47 Å². The topological polar surface area (TPSA) is 30.5 Å². The maximum Gasteiger partial charge on any atom is 0.127 e. The number of ether oxygens (including phenoxy) is 2. The van der Waals surface area contributed by atoms with Crippen molar-refractivity contribution in [3.8, 4) is 5.75 Å². The Morgan fingerprint density at radius 2 is 2.26 bits per heavy atom. The predicted octanol–water partition coefficient (Wildman–Crippen LogP) is 3.09. The van der Waals surface area contributed by atoms with Gasteiger partial charge in [0.2, 0.25) is 0 Å². The molecule has 2 atom stereocenters. The summed E-state index contributed by atoms with van der Waals surface area (Å²) in [6.45, 7) is 6.04. The molecule has 106 valence electrons. The summed E-state index contributed by atoms with van der Waals surface area (Å²) in [6, 6.07) is 6.80. The van der Waals surface area contributed by atoms with Crippen LogP contribution in [0.4, 0.5) is 0 Å². The SMILES string of the molecule is CCNC(CC(C)OC)c1cccc2c1OCCC2. The summed E-state index contributed by atoms with van der Waals surface area (Å²) in [5.74, 6) is 1.10. The van der Waals surface area contributed by atoms with Gasteiger partial charge in [-0.05, 0) is 38.3 Å². The third-order valence-electron chi connectivity index (χ3n) is 3.76. The van der Waals surface area contributed by atoms with Crippen molar-refractivity contribution >= 4 is 0 Å². The van der Waals surface area contributed by atoms with Crippen LogP contribution in [0, 0.1) is 0 Å². The van der Waals surface area contributed by atoms with E-state index in [0.29, 0.717) is 6.04 Å². The second-order valence-corrected chi connectivity index (χ2v) is 5.18. The summed E-state index contributed by atoms with van der Waals surface area (Å²) in [6.07, 6.45) is 3.45. The zero-order chi connectivity index (χ0) is 13.7. The van der Waals surface area contributed by atoms with Crippen LogP contribution >= 0.6 is 0 Å². The summed E-state index contributed by atoms with van der Waals surface area (Å²) >= 11 is 0. The average molecular weight is 263 g/mol. The van der Waals surface area contributed by atoms with Crippen molar-refractivity contribution < 1.29 is 9.47 Å². The monoisotopic (exact) mass is 263 g/mol. The molecule has 0 aromatic heterocycles. The molecular formula is C16H25NO2. The van der Waals surface area contributed by atoms with Gasteiger partial charge in [-0.1, -0.05) is 25.1 Å². The van der Waals surface area contributed by atoms with Gasteiger partial charge in [-0.2, -0.15) is 0 Å². The molecule has 1 N–H and O–H groups in total. The van der Waals surface area contributed by atoms with Crippen LogP contribution in [-0.2, 0) is 11.2 Å². The standard InChI is InChI=1S/C16H25NO2/c1-4-17-15(11-12(2)18-3)14-9-5-7-13-8-6-10-19-16(13)14/h5,7,9,12,15,17H,4,6,8,10-11H2,1-3H3. The molecule has 0 saturated carbocycles. The third kappa shape index (κ3) is 3.48. The van der Waals surface area contributed by atoms with Crippen LogP contribution in [-0.4, -0.2) is 26.4 Å². The van der Waals surface area contributed by atoms with E-state index in [-0.39, 0.29) is 6.10 Å². The Kier molecular flexibility index (Phi) is 5.23. The average Bonchev–Trinajstić information content (AvgIpc) is 2.46. The highest BCUT2D eigenvalue weighted by Gasteiger charge is 2.22. The molecule has 19 heavy (non-hydrogen) atoms. The first-order valence-corrected chi connectivity index (χ1v) is 7.27. The predicted molar refractivity (Wildman–Crippen MR) is 77.8 cm³/mol. The second-order valence-electron chi connectivity index (χ2n) is 5.18. The summed E-state index contributed by atoms with van der Waals surface area (Å²) in [5.41, 5.74) is 2.62. The van der Waals surface area contributed by atoms with Gasteiger partial charge in [0.05, 0.1) is 12.7 Å². The Bertz CT molecular complexity index is 406. The molecule has 3 nitrogen and oxygen atoms in total. The van der Waals surface area contributed by atoms with Gasteiger partial charge in [-0.25, -0.2) is 0 Å². The van der Waals surface area contributed by atoms with Crippen LogP contribution < -0.4 is 10.1 Å². The minimum atomic E-state index is 0.239. The van der Waals surface area contributed by atoms with Crippen molar-refractivity contribution in [2.24, 2.45) is 0 Å². The summed E-state index contributed by atoms with van der Waals surface area (Å²) in [5, 5.41) is 3.55. The van der Waals surface area contributed by atoms with Gasteiger partial charge < -0.3 is 14.8 Å². The van der Waals surface area contributed by atoms with Gasteiger partial charge in [0.25, 0.3) is 0 Å². The smallest absolute Gasteiger partial charge is 0.127 e. The number of aryl methyl sites for hydroxylation is 1. The fraction of sp³-hybridized carbons (Fsp3) is 0.625. The number of fused-ring (bicyclic) bond motifs is 1. The molecule has 0 amide bonds. The lowest BCUT2D eigenvalue weighted by Gasteiger charge is -2.27. The van der Waals surface area contributed by atoms with E-state index in [1.165, 1.54) is 11.1 Å². The molecule has 0 aliphatic carbocycles. The zero-order valence-corrected chi connectivity index (χ0v) is 12.2. The number of methoxy groups -OCH3 is 1. The molecule has 0 spiro atoms. The van der Waals surface area contributed by atoms with E-state index in [2.05, 4.69) is 37.4 Å². The van der Waals surface area contributed by atoms with Crippen LogP contribution in [0.15, 0.2) is 18.2 Å². The van der Waals surface area contributed by atoms with Crippen molar-refractivity contribution in [2.75, 3.05) is 20.3 Å². The Balaban J connectivity index is 2.25. The molecule has 2 rings (SSSR count). The number of rotatable bonds is 6. The van der Waals surface area contributed by atoms with Gasteiger partial charge in [0.15, 0.2) is 0 Å². The Hall–Kier alpha value is -1.06. The molecule has 1 aliphatic heterocycles. The van der Waals surface area contributed by atoms with Crippen molar-refractivity contribution in [3.63, 3.8) is 0 Å². The van der Waals surface area contributed by atoms with E-state index in [9.17, 15) is 0 Å². The number of hydrogen-bond acceptors (Lipinski definition) is 3. The van der Waals surface area contributed by atoms with Crippen molar-refractivity contribution in [2.45, 2.75) is 45.3 Å². The molecule has 0 bridgehead atoms. The maximum absolute atomic E-state index is 5.92. The van der Waals surface area contributed by atoms with Crippen LogP contribution in [0.25, 0.3) is 0 Å². The fourth-order valence-electron chi connectivity index (χ4n) is 2.68. The first kappa shape index (κ1) is 14.4. The second kappa shape index (κ2) is 6.92. The van der Waals surface area contributed by atoms with Gasteiger partial charge in [-0.3, -0.25) is 0 Å². The Morgan fingerprint density at radius 3 is 3.00 bits per heavy atom. The van der Waals surface area contributed by atoms with Crippen molar-refractivity contribution in [1.29, 1.82) is 0 Å². The van der Waals surface area contributed by atoms with E-state index in [1.54, 1.807) is 7.11 Å². The fourth-order valence-corrected chi connectivity index (χ4v) is 2.68. The molecule has 1 aromatic rings. The van der Waals surface area contributed by atoms with Gasteiger partial charge in [-0.15, -0.1) is 0 Å². The molecule has 1 aromatic carbocycles. The lowest BCUT2D eigenvalue weighted by Crippen LogP contribution is -2.26. The summed E-state index contributed by atoms with van der Waals surface area (Å²) < 4.78 is 11.3. The van der Waals surface area contributed by atoms with E-state index in [1.807, 2.05) is 0 Å². The van der Waals surface area contributed by atoms with Crippen LogP contribution in [0.1, 0.15) is 43.9 Å². The molecule has 1 aliphatic rings. The lowest BCUT2D eigenvalue weighted by atomic mass is 9.95. The van der Waals surface area contributed by atoms with Gasteiger partial charge >= 0.3 is 0 Å². The molecule has 1 heterocycles. The van der Waals surface area contributed by atoms with Crippen molar-refractivity contribution in [3.05, 3.63) is 29.3 Å². The van der Waals surface area contributed by atoms with Gasteiger partial charge in [0, 0.05) is 18.7 Å². The highest BCUT2D eigenvalue weighted by atomic mass is 16.5. The number of hydrogen-bond donors (Lipinski definition) is 1. The number of nitrogens with one attached hydrogen (secondary N) is 1. The van der Waals surface area contributed by atoms with Crippen LogP contribution in [0.2, 0.25) is 0 Å². The molecular weight excluding hydrogens is 238 g/mol. The number of para-hydroxylation sites is 1. The molecule has 0 fully saturated rings.